The molecule has 0 nitrogen and oxygen atoms in total. The van der Waals surface area contributed by atoms with Crippen LogP contribution >= 0.6 is 0 Å². The lowest BCUT2D eigenvalue weighted by atomic mass is 10.1. The number of allylic oxidation sites excluding steroid dienone is 2. The van der Waals surface area contributed by atoms with Crippen molar-refractivity contribution in [1.29, 1.82) is 0 Å². The summed E-state index contributed by atoms with van der Waals surface area (Å²) in [4.78, 5) is 0. The highest BCUT2D eigenvalue weighted by Gasteiger charge is 1.94. The molecule has 1 aromatic carbocycles. The lowest BCUT2D eigenvalue weighted by Crippen LogP contribution is -1.80. The van der Waals surface area contributed by atoms with Crippen molar-refractivity contribution in [3.63, 3.8) is 0 Å². The first-order valence-electron chi connectivity index (χ1n) is 4.12. The molecule has 0 heterocycles. The Hall–Kier alpha value is -1.74. The van der Waals surface area contributed by atoms with Gasteiger partial charge in [-0.25, -0.2) is 0 Å². The van der Waals surface area contributed by atoms with Crippen LogP contribution in [-0.4, -0.2) is 0 Å². The van der Waals surface area contributed by atoms with E-state index in [1.54, 1.807) is 6.08 Å². The van der Waals surface area contributed by atoms with Gasteiger partial charge in [-0.05, 0) is 30.2 Å². The quantitative estimate of drug-likeness (QED) is 0.469. The van der Waals surface area contributed by atoms with Crippen LogP contribution in [0.1, 0.15) is 18.1 Å². The first kappa shape index (κ1) is 9.35. The van der Waals surface area contributed by atoms with Crippen molar-refractivity contribution in [1.82, 2.24) is 0 Å². The van der Waals surface area contributed by atoms with Crippen LogP contribution in [0.4, 0.5) is 0 Å². The smallest absolute Gasteiger partial charge is 0.0251 e. The minimum Gasteiger partial charge on any atom is -0.101 e. The van der Waals surface area contributed by atoms with E-state index in [2.05, 4.69) is 25.0 Å². The van der Waals surface area contributed by atoms with Crippen molar-refractivity contribution >= 4 is 5.57 Å². The summed E-state index contributed by atoms with van der Waals surface area (Å²) in [6.07, 6.45) is 1.75. The highest BCUT2D eigenvalue weighted by atomic mass is 14.0. The summed E-state index contributed by atoms with van der Waals surface area (Å²) in [6.45, 7) is 9.38. The Morgan fingerprint density at radius 2 is 2.23 bits per heavy atom. The molecule has 1 aromatic rings. The third kappa shape index (κ3) is 2.35. The summed E-state index contributed by atoms with van der Waals surface area (Å²) in [5.74, 6) is 5.86. The molecule has 1 rings (SSSR count). The van der Waals surface area contributed by atoms with E-state index in [-0.39, 0.29) is 0 Å². The molecule has 0 atom stereocenters. The average molecular weight is 168 g/mol. The monoisotopic (exact) mass is 168 g/mol. The molecule has 0 saturated carbocycles. The van der Waals surface area contributed by atoms with Gasteiger partial charge in [0.15, 0.2) is 0 Å². The highest BCUT2D eigenvalue weighted by molar-refractivity contribution is 5.72. The van der Waals surface area contributed by atoms with Crippen LogP contribution in [-0.2, 0) is 0 Å². The molecule has 0 aliphatic rings. The first-order valence-corrected chi connectivity index (χ1v) is 4.12. The number of hydrogen-bond acceptors (Lipinski definition) is 0. The van der Waals surface area contributed by atoms with Crippen molar-refractivity contribution in [2.45, 2.75) is 6.92 Å². The van der Waals surface area contributed by atoms with E-state index < -0.39 is 0 Å². The highest BCUT2D eigenvalue weighted by Crippen LogP contribution is 2.14. The van der Waals surface area contributed by atoms with Crippen molar-refractivity contribution in [2.24, 2.45) is 0 Å². The van der Waals surface area contributed by atoms with Crippen LogP contribution in [0.25, 0.3) is 5.57 Å². The van der Waals surface area contributed by atoms with Crippen LogP contribution in [0.2, 0.25) is 0 Å². The molecule has 0 N–H and O–H groups in total. The van der Waals surface area contributed by atoms with E-state index in [9.17, 15) is 0 Å². The molecule has 0 aromatic heterocycles. The third-order valence-electron chi connectivity index (χ3n) is 1.75. The fraction of sp³-hybridized carbons (Fsp3) is 0.0769. The average Bonchev–Trinajstić information content (AvgIpc) is 2.18. The second-order valence-electron chi connectivity index (χ2n) is 2.69. The fourth-order valence-electron chi connectivity index (χ4n) is 1.06. The van der Waals surface area contributed by atoms with E-state index in [1.165, 1.54) is 0 Å². The van der Waals surface area contributed by atoms with E-state index in [1.807, 2.05) is 31.2 Å². The zero-order valence-electron chi connectivity index (χ0n) is 7.80. The predicted octanol–water partition coefficient (Wildman–Crippen LogP) is 3.26. The van der Waals surface area contributed by atoms with Crippen molar-refractivity contribution in [2.75, 3.05) is 0 Å². The van der Waals surface area contributed by atoms with Gasteiger partial charge in [-0.1, -0.05) is 37.3 Å². The zero-order valence-corrected chi connectivity index (χ0v) is 7.80. The largest absolute Gasteiger partial charge is 0.101 e. The summed E-state index contributed by atoms with van der Waals surface area (Å²) in [5, 5.41) is 0. The molecule has 64 valence electrons. The van der Waals surface area contributed by atoms with Gasteiger partial charge < -0.3 is 0 Å². The fourth-order valence-corrected chi connectivity index (χ4v) is 1.06. The topological polar surface area (TPSA) is 0 Å². The second kappa shape index (κ2) is 4.33. The van der Waals surface area contributed by atoms with Gasteiger partial charge in [0, 0.05) is 5.56 Å². The lowest BCUT2D eigenvalue weighted by Gasteiger charge is -1.99. The number of rotatable bonds is 2. The van der Waals surface area contributed by atoms with Crippen LogP contribution in [0.15, 0.2) is 43.5 Å². The Morgan fingerprint density at radius 3 is 2.85 bits per heavy atom. The molecular formula is C13H12. The molecule has 0 spiro atoms. The van der Waals surface area contributed by atoms with Gasteiger partial charge >= 0.3 is 0 Å². The van der Waals surface area contributed by atoms with Gasteiger partial charge in [0.05, 0.1) is 0 Å². The molecule has 0 fully saturated rings. The molecular weight excluding hydrogens is 156 g/mol. The molecule has 0 unspecified atom stereocenters. The molecule has 0 aliphatic heterocycles. The summed E-state index contributed by atoms with van der Waals surface area (Å²) in [7, 11) is 0. The summed E-state index contributed by atoms with van der Waals surface area (Å²) < 4.78 is 0. The Morgan fingerprint density at radius 1 is 1.46 bits per heavy atom. The Kier molecular flexibility index (Phi) is 3.11. The summed E-state index contributed by atoms with van der Waals surface area (Å²) >= 11 is 0. The second-order valence-corrected chi connectivity index (χ2v) is 2.69. The van der Waals surface area contributed by atoms with Gasteiger partial charge in [-0.2, -0.15) is 0 Å². The molecule has 0 radical (unpaired) electrons. The van der Waals surface area contributed by atoms with Crippen LogP contribution in [0, 0.1) is 11.8 Å². The van der Waals surface area contributed by atoms with Gasteiger partial charge in [-0.15, -0.1) is 5.92 Å². The van der Waals surface area contributed by atoms with E-state index in [0.717, 1.165) is 16.7 Å². The van der Waals surface area contributed by atoms with E-state index in [0.29, 0.717) is 0 Å². The van der Waals surface area contributed by atoms with Crippen molar-refractivity contribution in [3.8, 4) is 11.8 Å². The standard InChI is InChI=1S/C13H12/c1-4-7-12-8-6-9-13(10-12)11(3)5-2/h5-6,8-10H,2-3H2,1H3. The normalized spacial score (nSPS) is 8.38. The SMILES string of the molecule is C=CC(=C)c1cccc(C#CC)c1. The minimum absolute atomic E-state index is 0.930. The molecule has 0 bridgehead atoms. The van der Waals surface area contributed by atoms with Crippen molar-refractivity contribution in [3.05, 3.63) is 54.6 Å². The Labute approximate surface area is 79.6 Å². The van der Waals surface area contributed by atoms with Gasteiger partial charge in [0.25, 0.3) is 0 Å². The van der Waals surface area contributed by atoms with Gasteiger partial charge in [-0.3, -0.25) is 0 Å². The van der Waals surface area contributed by atoms with E-state index >= 15 is 0 Å². The first-order chi connectivity index (χ1) is 6.27. The van der Waals surface area contributed by atoms with Crippen molar-refractivity contribution < 1.29 is 0 Å². The number of hydrogen-bond donors (Lipinski definition) is 0. The predicted molar refractivity (Wildman–Crippen MR) is 58.2 cm³/mol. The molecule has 0 heteroatoms. The van der Waals surface area contributed by atoms with E-state index in [4.69, 9.17) is 0 Å². The maximum absolute atomic E-state index is 3.88. The third-order valence-corrected chi connectivity index (χ3v) is 1.75. The Bertz CT molecular complexity index is 386. The summed E-state index contributed by atoms with van der Waals surface area (Å²) in [5.41, 5.74) is 3.03. The summed E-state index contributed by atoms with van der Waals surface area (Å²) in [6, 6.07) is 7.98. The molecule has 0 amide bonds. The maximum atomic E-state index is 3.88. The van der Waals surface area contributed by atoms with Crippen LogP contribution < -0.4 is 0 Å². The van der Waals surface area contributed by atoms with Crippen LogP contribution in [0.3, 0.4) is 0 Å². The zero-order chi connectivity index (χ0) is 9.68. The molecule has 0 aliphatic carbocycles. The lowest BCUT2D eigenvalue weighted by molar-refractivity contribution is 1.58. The van der Waals surface area contributed by atoms with Gasteiger partial charge in [0.1, 0.15) is 0 Å². The van der Waals surface area contributed by atoms with Gasteiger partial charge in [0.2, 0.25) is 0 Å². The minimum atomic E-state index is 0.930. The Balaban J connectivity index is 3.09. The maximum Gasteiger partial charge on any atom is 0.0251 e. The molecule has 13 heavy (non-hydrogen) atoms. The number of benzene rings is 1. The molecule has 0 saturated heterocycles. The van der Waals surface area contributed by atoms with Crippen LogP contribution in [0.5, 0.6) is 0 Å².